The van der Waals surface area contributed by atoms with E-state index in [1.54, 1.807) is 35.5 Å². The molecular weight excluding hydrogens is 803 g/mol. The summed E-state index contributed by atoms with van der Waals surface area (Å²) in [7, 11) is 0. The van der Waals surface area contributed by atoms with Crippen LogP contribution in [-0.4, -0.2) is 120 Å². The van der Waals surface area contributed by atoms with Crippen molar-refractivity contribution in [3.63, 3.8) is 0 Å². The molecule has 0 spiro atoms. The van der Waals surface area contributed by atoms with Crippen LogP contribution >= 0.6 is 0 Å². The highest BCUT2D eigenvalue weighted by atomic mass is 16.6. The van der Waals surface area contributed by atoms with Gasteiger partial charge >= 0.3 is 24.4 Å². The van der Waals surface area contributed by atoms with Crippen molar-refractivity contribution in [2.45, 2.75) is 234 Å². The van der Waals surface area contributed by atoms with Crippen LogP contribution in [0.3, 0.4) is 0 Å². The van der Waals surface area contributed by atoms with Crippen molar-refractivity contribution in [2.75, 3.05) is 52.4 Å². The molecule has 0 aromatic heterocycles. The third-order valence-electron chi connectivity index (χ3n) is 9.62. The van der Waals surface area contributed by atoms with Gasteiger partial charge in [-0.2, -0.15) is 0 Å². The highest BCUT2D eigenvalue weighted by Crippen LogP contribution is 2.16. The largest absolute Gasteiger partial charge is 0.444 e. The van der Waals surface area contributed by atoms with E-state index >= 15 is 0 Å². The van der Waals surface area contributed by atoms with Gasteiger partial charge in [0.1, 0.15) is 22.4 Å². The van der Waals surface area contributed by atoms with Crippen LogP contribution in [0.15, 0.2) is 0 Å². The molecule has 0 fully saturated rings. The Morgan fingerprint density at radius 3 is 1.02 bits per heavy atom. The molecule has 0 aromatic carbocycles. The highest BCUT2D eigenvalue weighted by molar-refractivity contribution is 5.75. The molecule has 63 heavy (non-hydrogen) atoms. The highest BCUT2D eigenvalue weighted by Gasteiger charge is 2.26. The zero-order valence-electron chi connectivity index (χ0n) is 42.6. The molecule has 14 heteroatoms. The summed E-state index contributed by atoms with van der Waals surface area (Å²) in [5.74, 6) is 0.0410. The van der Waals surface area contributed by atoms with E-state index in [-0.39, 0.29) is 5.91 Å². The van der Waals surface area contributed by atoms with Gasteiger partial charge in [-0.15, -0.1) is 0 Å². The summed E-state index contributed by atoms with van der Waals surface area (Å²) in [6, 6.07) is 0. The number of hydrogen-bond acceptors (Lipinski definition) is 9. The number of rotatable bonds is 31. The minimum Gasteiger partial charge on any atom is -0.444 e. The number of nitrogens with zero attached hydrogens (tertiary/aromatic N) is 3. The van der Waals surface area contributed by atoms with Gasteiger partial charge in [0, 0.05) is 58.8 Å². The van der Waals surface area contributed by atoms with Crippen LogP contribution in [0.2, 0.25) is 0 Å². The molecule has 0 unspecified atom stereocenters. The molecule has 0 aliphatic carbocycles. The second kappa shape index (κ2) is 32.2. The normalized spacial score (nSPS) is 12.0. The van der Waals surface area contributed by atoms with Crippen molar-refractivity contribution in [1.82, 2.24) is 25.3 Å². The monoisotopic (exact) mass is 898 g/mol. The lowest BCUT2D eigenvalue weighted by atomic mass is 10.0. The minimum absolute atomic E-state index is 0.0410. The number of carbonyl (C=O) groups is 5. The molecule has 0 radical (unpaired) electrons. The van der Waals surface area contributed by atoms with Crippen molar-refractivity contribution < 1.29 is 42.9 Å². The first-order valence-electron chi connectivity index (χ1n) is 24.5. The number of carbonyl (C=O) groups excluding carboxylic acids is 5. The first-order chi connectivity index (χ1) is 29.3. The maximum atomic E-state index is 13.4. The number of amides is 5. The van der Waals surface area contributed by atoms with Gasteiger partial charge in [-0.1, -0.05) is 84.0 Å². The molecule has 0 aliphatic heterocycles. The Morgan fingerprint density at radius 1 is 0.365 bits per heavy atom. The third kappa shape index (κ3) is 37.6. The second-order valence-corrected chi connectivity index (χ2v) is 20.9. The van der Waals surface area contributed by atoms with E-state index in [0.29, 0.717) is 90.9 Å². The molecule has 0 rings (SSSR count). The lowest BCUT2D eigenvalue weighted by Crippen LogP contribution is -2.42. The van der Waals surface area contributed by atoms with Crippen LogP contribution in [0.5, 0.6) is 0 Å². The lowest BCUT2D eigenvalue weighted by Gasteiger charge is -2.30. The van der Waals surface area contributed by atoms with E-state index in [9.17, 15) is 24.0 Å². The lowest BCUT2D eigenvalue weighted by molar-refractivity contribution is -0.121. The number of ether oxygens (including phenoxy) is 4. The Bertz CT molecular complexity index is 1270. The number of nitrogens with one attached hydrogen (secondary N) is 2. The van der Waals surface area contributed by atoms with Crippen LogP contribution in [-0.2, 0) is 23.7 Å². The summed E-state index contributed by atoms with van der Waals surface area (Å²) in [5.41, 5.74) is -2.66. The van der Waals surface area contributed by atoms with Gasteiger partial charge in [0.05, 0.1) is 0 Å². The van der Waals surface area contributed by atoms with E-state index in [4.69, 9.17) is 18.9 Å². The van der Waals surface area contributed by atoms with Gasteiger partial charge in [-0.3, -0.25) is 4.79 Å². The van der Waals surface area contributed by atoms with Crippen molar-refractivity contribution in [3.05, 3.63) is 0 Å². The third-order valence-corrected chi connectivity index (χ3v) is 9.62. The Kier molecular flexibility index (Phi) is 30.5. The fourth-order valence-electron chi connectivity index (χ4n) is 6.58. The zero-order valence-corrected chi connectivity index (χ0v) is 42.6. The fourth-order valence-corrected chi connectivity index (χ4v) is 6.58. The number of alkyl carbamates (subject to hydrolysis) is 1. The molecule has 0 atom stereocenters. The van der Waals surface area contributed by atoms with Crippen molar-refractivity contribution in [2.24, 2.45) is 0 Å². The van der Waals surface area contributed by atoms with Crippen molar-refractivity contribution in [3.8, 4) is 0 Å². The van der Waals surface area contributed by atoms with E-state index in [2.05, 4.69) is 17.6 Å². The Hall–Kier alpha value is -3.45. The van der Waals surface area contributed by atoms with Crippen LogP contribution in [0.4, 0.5) is 19.2 Å². The van der Waals surface area contributed by atoms with E-state index in [1.807, 2.05) is 62.3 Å². The Labute approximate surface area is 384 Å². The second-order valence-electron chi connectivity index (χ2n) is 20.9. The molecular formula is C49H95N5O9. The van der Waals surface area contributed by atoms with Gasteiger partial charge < -0.3 is 44.3 Å². The van der Waals surface area contributed by atoms with Gasteiger partial charge in [-0.25, -0.2) is 19.2 Å². The van der Waals surface area contributed by atoms with E-state index in [0.717, 1.165) is 12.8 Å². The maximum absolute atomic E-state index is 13.4. The quantitative estimate of drug-likeness (QED) is 0.0511. The average Bonchev–Trinajstić information content (AvgIpc) is 3.13. The van der Waals surface area contributed by atoms with E-state index in [1.165, 1.54) is 70.6 Å². The zero-order chi connectivity index (χ0) is 48.0. The van der Waals surface area contributed by atoms with E-state index < -0.39 is 46.8 Å². The van der Waals surface area contributed by atoms with Gasteiger partial charge in [0.25, 0.3) is 0 Å². The summed E-state index contributed by atoms with van der Waals surface area (Å²) in [4.78, 5) is 69.4. The Balaban J connectivity index is 5.13. The molecule has 2 N–H and O–H groups in total. The molecule has 5 amide bonds. The number of unbranched alkanes of at least 4 members (excludes halogenated alkanes) is 13. The molecule has 14 nitrogen and oxygen atoms in total. The Morgan fingerprint density at radius 2 is 0.667 bits per heavy atom. The van der Waals surface area contributed by atoms with Crippen molar-refractivity contribution in [1.29, 1.82) is 0 Å². The summed E-state index contributed by atoms with van der Waals surface area (Å²) in [6.07, 6.45) is 17.8. The van der Waals surface area contributed by atoms with Crippen molar-refractivity contribution >= 4 is 30.3 Å². The molecule has 0 saturated heterocycles. The summed E-state index contributed by atoms with van der Waals surface area (Å²) >= 11 is 0. The predicted octanol–water partition coefficient (Wildman–Crippen LogP) is 11.8. The molecule has 0 heterocycles. The van der Waals surface area contributed by atoms with Crippen LogP contribution < -0.4 is 10.6 Å². The molecule has 370 valence electrons. The van der Waals surface area contributed by atoms with Crippen LogP contribution in [0.1, 0.15) is 212 Å². The average molecular weight is 898 g/mol. The number of hydrogen-bond donors (Lipinski definition) is 2. The van der Waals surface area contributed by atoms with Crippen LogP contribution in [0, 0.1) is 0 Å². The molecule has 0 bridgehead atoms. The summed E-state index contributed by atoms with van der Waals surface area (Å²) in [6.45, 7) is 27.1. The van der Waals surface area contributed by atoms with Gasteiger partial charge in [0.15, 0.2) is 0 Å². The standard InChI is InChI=1S/C49H95N5O9/c1-14-15-16-17-18-19-20-21-22-23-24-25-26-32-41(55)50-33-29-37-54(45(59)63-49(11,12)13)40-31-39-53(44(58)62-48(8,9)10)36-28-27-35-52(43(57)61-47(5,6)7)38-30-34-51-42(56)60-46(2,3)4/h14-40H2,1-13H3,(H,50,55)(H,51,56). The van der Waals surface area contributed by atoms with Crippen LogP contribution in [0.25, 0.3) is 0 Å². The molecule has 0 aromatic rings. The predicted molar refractivity (Wildman–Crippen MR) is 254 cm³/mol. The first kappa shape index (κ1) is 59.5. The summed E-state index contributed by atoms with van der Waals surface area (Å²) in [5, 5.41) is 5.75. The van der Waals surface area contributed by atoms with Gasteiger partial charge in [-0.05, 0) is 122 Å². The SMILES string of the molecule is CCCCCCCCCCCCCCCC(=O)NCCCN(CCCN(CCCCN(CCCNC(=O)OC(C)(C)C)C(=O)OC(C)(C)C)C(=O)OC(C)(C)C)C(=O)OC(C)(C)C. The maximum Gasteiger partial charge on any atom is 0.410 e. The fraction of sp³-hybridized carbons (Fsp3) is 0.898. The first-order valence-corrected chi connectivity index (χ1v) is 24.5. The summed E-state index contributed by atoms with van der Waals surface area (Å²) < 4.78 is 22.4. The molecule has 0 saturated carbocycles. The minimum atomic E-state index is -0.699. The topological polar surface area (TPSA) is 156 Å². The van der Waals surface area contributed by atoms with Gasteiger partial charge in [0.2, 0.25) is 5.91 Å². The molecule has 0 aliphatic rings. The smallest absolute Gasteiger partial charge is 0.410 e.